The Morgan fingerprint density at radius 1 is 1.11 bits per heavy atom. The van der Waals surface area contributed by atoms with Gasteiger partial charge in [-0.2, -0.15) is 5.26 Å². The number of esters is 2. The number of methoxy groups -OCH3 is 2. The number of benzene rings is 2. The van der Waals surface area contributed by atoms with Crippen molar-refractivity contribution >= 4 is 67.1 Å². The first kappa shape index (κ1) is 26.3. The maximum absolute atomic E-state index is 13.1. The van der Waals surface area contributed by atoms with Crippen LogP contribution < -0.4 is 10.6 Å². The average Bonchev–Trinajstić information content (AvgIpc) is 2.84. The highest BCUT2D eigenvalue weighted by atomic mass is 79.9. The van der Waals surface area contributed by atoms with Crippen LogP contribution in [0.5, 0.6) is 0 Å². The van der Waals surface area contributed by atoms with Gasteiger partial charge in [0, 0.05) is 8.95 Å². The van der Waals surface area contributed by atoms with E-state index >= 15 is 0 Å². The van der Waals surface area contributed by atoms with Crippen molar-refractivity contribution in [3.8, 4) is 6.07 Å². The van der Waals surface area contributed by atoms with Crippen LogP contribution in [0.2, 0.25) is 5.02 Å². The average molecular weight is 626 g/mol. The molecule has 0 spiro atoms. The summed E-state index contributed by atoms with van der Waals surface area (Å²) in [5.74, 6) is -4.81. The van der Waals surface area contributed by atoms with E-state index in [1.165, 1.54) is 6.07 Å². The number of hydrogen-bond acceptors (Lipinski definition) is 8. The Morgan fingerprint density at radius 3 is 2.23 bits per heavy atom. The smallest absolute Gasteiger partial charge is 0.355 e. The number of anilines is 1. The Balaban J connectivity index is 2.56. The molecule has 9 nitrogen and oxygen atoms in total. The predicted molar refractivity (Wildman–Crippen MR) is 133 cm³/mol. The minimum Gasteiger partial charge on any atom is -0.478 e. The van der Waals surface area contributed by atoms with Gasteiger partial charge in [0.05, 0.1) is 48.1 Å². The predicted octanol–water partition coefficient (Wildman–Crippen LogP) is 4.46. The van der Waals surface area contributed by atoms with Gasteiger partial charge in [-0.05, 0) is 43.5 Å². The number of nitrogens with zero attached hydrogens (tertiary/aromatic N) is 2. The number of aromatic carboxylic acids is 1. The molecule has 1 aliphatic rings. The monoisotopic (exact) mass is 623 g/mol. The molecule has 0 aliphatic carbocycles. The van der Waals surface area contributed by atoms with Crippen molar-refractivity contribution in [2.45, 2.75) is 5.92 Å². The third-order valence-electron chi connectivity index (χ3n) is 5.19. The zero-order valence-corrected chi connectivity index (χ0v) is 22.1. The molecular weight excluding hydrogens is 610 g/mol. The third kappa shape index (κ3) is 4.52. The Kier molecular flexibility index (Phi) is 7.90. The van der Waals surface area contributed by atoms with Crippen molar-refractivity contribution in [3.05, 3.63) is 84.2 Å². The largest absolute Gasteiger partial charge is 0.478 e. The van der Waals surface area contributed by atoms with Crippen LogP contribution in [0, 0.1) is 11.3 Å². The number of ether oxygens (including phenoxy) is 2. The Bertz CT molecular complexity index is 1350. The molecule has 0 fully saturated rings. The number of carboxylic acid groups (broad SMARTS) is 1. The molecule has 3 rings (SSSR count). The quantitative estimate of drug-likeness (QED) is 0.364. The van der Waals surface area contributed by atoms with Gasteiger partial charge < -0.3 is 20.3 Å². The van der Waals surface area contributed by atoms with Crippen LogP contribution in [-0.2, 0) is 19.1 Å². The van der Waals surface area contributed by atoms with Gasteiger partial charge in [0.15, 0.2) is 0 Å². The summed E-state index contributed by atoms with van der Waals surface area (Å²) >= 11 is 12.8. The van der Waals surface area contributed by atoms with E-state index < -0.39 is 35.1 Å². The second-order valence-corrected chi connectivity index (χ2v) is 9.10. The van der Waals surface area contributed by atoms with Gasteiger partial charge in [-0.15, -0.1) is 0 Å². The van der Waals surface area contributed by atoms with Crippen LogP contribution in [0.3, 0.4) is 0 Å². The van der Waals surface area contributed by atoms with Crippen LogP contribution in [0.15, 0.2) is 68.0 Å². The minimum absolute atomic E-state index is 0.119. The summed E-state index contributed by atoms with van der Waals surface area (Å²) in [4.78, 5) is 39.5. The fourth-order valence-electron chi connectivity index (χ4n) is 3.75. The number of halogens is 3. The molecule has 12 heteroatoms. The summed E-state index contributed by atoms with van der Waals surface area (Å²) in [5.41, 5.74) is 5.45. The number of nitriles is 1. The molecule has 180 valence electrons. The van der Waals surface area contributed by atoms with E-state index in [4.69, 9.17) is 26.8 Å². The summed E-state index contributed by atoms with van der Waals surface area (Å²) < 4.78 is 10.3. The van der Waals surface area contributed by atoms with Crippen LogP contribution in [0.25, 0.3) is 0 Å². The molecular formula is C23H16Br2ClN3O6. The number of allylic oxidation sites excluding steroid dienone is 1. The summed E-state index contributed by atoms with van der Waals surface area (Å²) in [6.07, 6.45) is 0. The van der Waals surface area contributed by atoms with E-state index in [1.807, 2.05) is 6.07 Å². The SMILES string of the molecule is COC(=O)C1=C(C(=O)OC)N(c2c(Br)cc(Br)c(Cl)c2C(=O)O)C(N)=C(C#N)C1c1ccccc1. The van der Waals surface area contributed by atoms with Gasteiger partial charge >= 0.3 is 17.9 Å². The molecule has 3 N–H and O–H groups in total. The van der Waals surface area contributed by atoms with E-state index in [-0.39, 0.29) is 36.6 Å². The first-order chi connectivity index (χ1) is 16.6. The van der Waals surface area contributed by atoms with E-state index in [0.717, 1.165) is 19.1 Å². The normalized spacial score (nSPS) is 15.5. The Labute approximate surface area is 221 Å². The van der Waals surface area contributed by atoms with E-state index in [0.29, 0.717) is 5.56 Å². The second-order valence-electron chi connectivity index (χ2n) is 7.02. The summed E-state index contributed by atoms with van der Waals surface area (Å²) in [5, 5.41) is 19.9. The number of rotatable bonds is 5. The molecule has 2 aromatic carbocycles. The fraction of sp³-hybridized carbons (Fsp3) is 0.130. The molecule has 2 aromatic rings. The molecule has 1 atom stereocenters. The van der Waals surface area contributed by atoms with Crippen molar-refractivity contribution in [3.63, 3.8) is 0 Å². The van der Waals surface area contributed by atoms with Crippen LogP contribution in [0.1, 0.15) is 21.8 Å². The molecule has 0 bridgehead atoms. The van der Waals surface area contributed by atoms with Crippen LogP contribution in [-0.4, -0.2) is 37.2 Å². The van der Waals surface area contributed by atoms with E-state index in [9.17, 15) is 24.8 Å². The van der Waals surface area contributed by atoms with Crippen molar-refractivity contribution < 1.29 is 29.0 Å². The highest BCUT2D eigenvalue weighted by molar-refractivity contribution is 9.11. The van der Waals surface area contributed by atoms with Crippen molar-refractivity contribution in [1.82, 2.24) is 0 Å². The van der Waals surface area contributed by atoms with Gasteiger partial charge in [-0.1, -0.05) is 41.9 Å². The molecule has 1 heterocycles. The molecule has 1 unspecified atom stereocenters. The van der Waals surface area contributed by atoms with Gasteiger partial charge in [-0.3, -0.25) is 4.90 Å². The van der Waals surface area contributed by atoms with Crippen LogP contribution >= 0.6 is 43.5 Å². The van der Waals surface area contributed by atoms with Crippen molar-refractivity contribution in [2.24, 2.45) is 5.73 Å². The van der Waals surface area contributed by atoms with Crippen molar-refractivity contribution in [1.29, 1.82) is 5.26 Å². The number of nitrogens with two attached hydrogens (primary N) is 1. The fourth-order valence-corrected chi connectivity index (χ4v) is 5.31. The van der Waals surface area contributed by atoms with Gasteiger partial charge in [-0.25, -0.2) is 14.4 Å². The second kappa shape index (κ2) is 10.5. The lowest BCUT2D eigenvalue weighted by Crippen LogP contribution is -2.41. The number of hydrogen-bond donors (Lipinski definition) is 2. The topological polar surface area (TPSA) is 143 Å². The van der Waals surface area contributed by atoms with Gasteiger partial charge in [0.25, 0.3) is 0 Å². The first-order valence-electron chi connectivity index (χ1n) is 9.66. The molecule has 0 radical (unpaired) electrons. The molecule has 0 aromatic heterocycles. The number of carbonyl (C=O) groups excluding carboxylic acids is 2. The first-order valence-corrected chi connectivity index (χ1v) is 11.6. The maximum Gasteiger partial charge on any atom is 0.355 e. The van der Waals surface area contributed by atoms with Crippen LogP contribution in [0.4, 0.5) is 5.69 Å². The zero-order chi connectivity index (χ0) is 26.0. The molecule has 0 saturated heterocycles. The zero-order valence-electron chi connectivity index (χ0n) is 18.1. The molecule has 1 aliphatic heterocycles. The minimum atomic E-state index is -1.45. The highest BCUT2D eigenvalue weighted by Crippen LogP contribution is 2.48. The summed E-state index contributed by atoms with van der Waals surface area (Å²) in [6.45, 7) is 0. The summed E-state index contributed by atoms with van der Waals surface area (Å²) in [7, 11) is 2.20. The van der Waals surface area contributed by atoms with Gasteiger partial charge in [0.1, 0.15) is 17.1 Å². The van der Waals surface area contributed by atoms with Gasteiger partial charge in [0.2, 0.25) is 0 Å². The molecule has 0 amide bonds. The lowest BCUT2D eigenvalue weighted by Gasteiger charge is -2.37. The van der Waals surface area contributed by atoms with E-state index in [1.54, 1.807) is 30.3 Å². The van der Waals surface area contributed by atoms with Crippen molar-refractivity contribution in [2.75, 3.05) is 19.1 Å². The Morgan fingerprint density at radius 2 is 1.71 bits per heavy atom. The molecule has 0 saturated carbocycles. The summed E-state index contributed by atoms with van der Waals surface area (Å²) in [6, 6.07) is 11.9. The lowest BCUT2D eigenvalue weighted by atomic mass is 9.80. The third-order valence-corrected chi connectivity index (χ3v) is 7.04. The number of carbonyl (C=O) groups is 3. The Hall–Kier alpha value is -3.33. The maximum atomic E-state index is 13.1. The lowest BCUT2D eigenvalue weighted by molar-refractivity contribution is -0.139. The molecule has 35 heavy (non-hydrogen) atoms. The standard InChI is InChI=1S/C23H16Br2ClN3O6/c1-34-22(32)15-14(10-6-4-3-5-7-10)11(9-27)20(28)29(19(15)23(33)35-2)18-13(25)8-12(24)17(26)16(18)21(30)31/h3-8,14H,28H2,1-2H3,(H,30,31). The highest BCUT2D eigenvalue weighted by Gasteiger charge is 2.44. The number of carboxylic acids is 1. The van der Waals surface area contributed by atoms with E-state index in [2.05, 4.69) is 31.9 Å².